The van der Waals surface area contributed by atoms with Crippen molar-refractivity contribution in [3.63, 3.8) is 0 Å². The SMILES string of the molecule is CC/C=C\C/C=C\C/C=C\C/C=C\C/C=C\C/C=C\CCCCCCCCCCCCC(=O)OCC(COC(=O)CCCCCCC)OC(=O)CCCC/C=C\C/C=C\C/C=C\C/C=C\CC. The van der Waals surface area contributed by atoms with Gasteiger partial charge in [0.25, 0.3) is 0 Å². The van der Waals surface area contributed by atoms with Crippen LogP contribution in [-0.2, 0) is 28.6 Å². The standard InChI is InChI=1S/C61H98O6/c1-4-7-10-13-15-17-19-21-23-24-25-26-27-28-29-30-31-32-33-34-35-36-38-39-41-43-45-48-51-54-60(63)66-57-58(56-65-59(62)53-50-47-12-9-6-3)67-61(64)55-52-49-46-44-42-40-37-22-20-18-16-14-11-8-5-2/h7-8,10-11,15-18,21-23,25-26,28-29,31-32,37,42,44,58H,4-6,9,12-14,19-20,24,27,30,33-36,38-41,43,45-57H2,1-3H3/b10-7-,11-8-,17-15-,18-16-,23-21-,26-25-,29-28-,32-31-,37-22-,44-42-. The van der Waals surface area contributed by atoms with Crippen LogP contribution in [0.1, 0.15) is 226 Å². The smallest absolute Gasteiger partial charge is 0.306 e. The summed E-state index contributed by atoms with van der Waals surface area (Å²) in [6, 6.07) is 0. The van der Waals surface area contributed by atoms with E-state index in [-0.39, 0.29) is 37.5 Å². The van der Waals surface area contributed by atoms with Gasteiger partial charge >= 0.3 is 17.9 Å². The first-order chi connectivity index (χ1) is 33.0. The molecular weight excluding hydrogens is 829 g/mol. The molecule has 0 amide bonds. The number of carbonyl (C=O) groups excluding carboxylic acids is 3. The third-order valence-corrected chi connectivity index (χ3v) is 11.0. The van der Waals surface area contributed by atoms with Gasteiger partial charge < -0.3 is 14.2 Å². The van der Waals surface area contributed by atoms with Crippen LogP contribution < -0.4 is 0 Å². The molecule has 0 heterocycles. The van der Waals surface area contributed by atoms with E-state index in [0.717, 1.165) is 128 Å². The summed E-state index contributed by atoms with van der Waals surface area (Å²) in [5, 5.41) is 0. The summed E-state index contributed by atoms with van der Waals surface area (Å²) in [7, 11) is 0. The lowest BCUT2D eigenvalue weighted by Crippen LogP contribution is -2.30. The van der Waals surface area contributed by atoms with Gasteiger partial charge in [-0.1, -0.05) is 219 Å². The molecule has 0 N–H and O–H groups in total. The van der Waals surface area contributed by atoms with Crippen molar-refractivity contribution in [2.75, 3.05) is 13.2 Å². The molecule has 0 aliphatic heterocycles. The van der Waals surface area contributed by atoms with Gasteiger partial charge in [-0.2, -0.15) is 0 Å². The van der Waals surface area contributed by atoms with Crippen molar-refractivity contribution in [3.8, 4) is 0 Å². The highest BCUT2D eigenvalue weighted by Crippen LogP contribution is 2.14. The van der Waals surface area contributed by atoms with Crippen LogP contribution in [0.3, 0.4) is 0 Å². The molecule has 378 valence electrons. The zero-order valence-corrected chi connectivity index (χ0v) is 43.1. The van der Waals surface area contributed by atoms with E-state index in [0.29, 0.717) is 19.3 Å². The molecule has 0 spiro atoms. The van der Waals surface area contributed by atoms with Gasteiger partial charge in [-0.05, 0) is 109 Å². The number of hydrogen-bond acceptors (Lipinski definition) is 6. The van der Waals surface area contributed by atoms with Crippen molar-refractivity contribution in [2.24, 2.45) is 0 Å². The van der Waals surface area contributed by atoms with Crippen LogP contribution in [0, 0.1) is 0 Å². The summed E-state index contributed by atoms with van der Waals surface area (Å²) in [5.41, 5.74) is 0. The Morgan fingerprint density at radius 2 is 0.582 bits per heavy atom. The second kappa shape index (κ2) is 54.4. The highest BCUT2D eigenvalue weighted by Gasteiger charge is 2.19. The average Bonchev–Trinajstić information content (AvgIpc) is 3.33. The maximum absolute atomic E-state index is 12.7. The van der Waals surface area contributed by atoms with Crippen molar-refractivity contribution in [1.29, 1.82) is 0 Å². The number of ether oxygens (including phenoxy) is 3. The van der Waals surface area contributed by atoms with Crippen LogP contribution >= 0.6 is 0 Å². The Kier molecular flexibility index (Phi) is 51.0. The fourth-order valence-corrected chi connectivity index (χ4v) is 6.96. The Balaban J connectivity index is 4.13. The van der Waals surface area contributed by atoms with E-state index in [2.05, 4.69) is 142 Å². The van der Waals surface area contributed by atoms with Crippen LogP contribution in [-0.4, -0.2) is 37.2 Å². The quantitative estimate of drug-likeness (QED) is 0.0262. The van der Waals surface area contributed by atoms with Crippen LogP contribution in [0.4, 0.5) is 0 Å². The van der Waals surface area contributed by atoms with Gasteiger partial charge in [-0.25, -0.2) is 0 Å². The molecule has 0 aromatic rings. The normalized spacial score (nSPS) is 13.1. The molecule has 0 saturated carbocycles. The second-order valence-corrected chi connectivity index (χ2v) is 17.4. The molecule has 6 heteroatoms. The number of carbonyl (C=O) groups is 3. The van der Waals surface area contributed by atoms with E-state index in [1.807, 2.05) is 0 Å². The minimum Gasteiger partial charge on any atom is -0.462 e. The maximum Gasteiger partial charge on any atom is 0.306 e. The lowest BCUT2D eigenvalue weighted by molar-refractivity contribution is -0.167. The molecule has 67 heavy (non-hydrogen) atoms. The predicted octanol–water partition coefficient (Wildman–Crippen LogP) is 18.1. The Hall–Kier alpha value is -4.19. The Bertz CT molecular complexity index is 1440. The molecule has 0 aliphatic rings. The molecule has 0 aliphatic carbocycles. The van der Waals surface area contributed by atoms with Gasteiger partial charge in [0.2, 0.25) is 0 Å². The fraction of sp³-hybridized carbons (Fsp3) is 0.623. The van der Waals surface area contributed by atoms with Crippen LogP contribution in [0.25, 0.3) is 0 Å². The Labute approximate surface area is 412 Å². The summed E-state index contributed by atoms with van der Waals surface area (Å²) >= 11 is 0. The molecule has 6 nitrogen and oxygen atoms in total. The molecule has 0 fully saturated rings. The van der Waals surface area contributed by atoms with E-state index in [4.69, 9.17) is 14.2 Å². The first-order valence-corrected chi connectivity index (χ1v) is 27.0. The van der Waals surface area contributed by atoms with Crippen molar-refractivity contribution in [1.82, 2.24) is 0 Å². The van der Waals surface area contributed by atoms with Gasteiger partial charge in [0, 0.05) is 19.3 Å². The summed E-state index contributed by atoms with van der Waals surface area (Å²) in [6.45, 7) is 6.27. The topological polar surface area (TPSA) is 78.9 Å². The minimum absolute atomic E-state index is 0.0990. The van der Waals surface area contributed by atoms with Crippen LogP contribution in [0.5, 0.6) is 0 Å². The van der Waals surface area contributed by atoms with E-state index < -0.39 is 6.10 Å². The van der Waals surface area contributed by atoms with Crippen molar-refractivity contribution < 1.29 is 28.6 Å². The molecule has 0 saturated heterocycles. The highest BCUT2D eigenvalue weighted by atomic mass is 16.6. The maximum atomic E-state index is 12.7. The summed E-state index contributed by atoms with van der Waals surface area (Å²) in [5.74, 6) is -0.966. The van der Waals surface area contributed by atoms with Crippen LogP contribution in [0.15, 0.2) is 122 Å². The van der Waals surface area contributed by atoms with Crippen LogP contribution in [0.2, 0.25) is 0 Å². The molecule has 0 rings (SSSR count). The Morgan fingerprint density at radius 1 is 0.313 bits per heavy atom. The fourth-order valence-electron chi connectivity index (χ4n) is 6.96. The van der Waals surface area contributed by atoms with Gasteiger partial charge in [0.1, 0.15) is 13.2 Å². The molecule has 0 aromatic heterocycles. The average molecular weight is 927 g/mol. The zero-order chi connectivity index (χ0) is 48.6. The molecule has 0 radical (unpaired) electrons. The lowest BCUT2D eigenvalue weighted by atomic mass is 10.1. The number of unbranched alkanes of at least 4 members (excludes halogenated alkanes) is 16. The number of esters is 3. The van der Waals surface area contributed by atoms with E-state index in [1.165, 1.54) is 51.4 Å². The van der Waals surface area contributed by atoms with Gasteiger partial charge in [0.05, 0.1) is 0 Å². The van der Waals surface area contributed by atoms with E-state index >= 15 is 0 Å². The first kappa shape index (κ1) is 62.8. The molecule has 0 bridgehead atoms. The predicted molar refractivity (Wildman–Crippen MR) is 288 cm³/mol. The minimum atomic E-state index is -0.800. The highest BCUT2D eigenvalue weighted by molar-refractivity contribution is 5.71. The summed E-state index contributed by atoms with van der Waals surface area (Å²) in [6.07, 6.45) is 75.2. The molecular formula is C61H98O6. The van der Waals surface area contributed by atoms with E-state index in [9.17, 15) is 14.4 Å². The number of allylic oxidation sites excluding steroid dienone is 20. The summed E-state index contributed by atoms with van der Waals surface area (Å²) < 4.78 is 16.6. The van der Waals surface area contributed by atoms with Crippen molar-refractivity contribution in [3.05, 3.63) is 122 Å². The van der Waals surface area contributed by atoms with Crippen molar-refractivity contribution in [2.45, 2.75) is 232 Å². The third kappa shape index (κ3) is 52.6. The Morgan fingerprint density at radius 3 is 0.940 bits per heavy atom. The van der Waals surface area contributed by atoms with Crippen molar-refractivity contribution >= 4 is 17.9 Å². The van der Waals surface area contributed by atoms with Gasteiger partial charge in [-0.3, -0.25) is 14.4 Å². The lowest BCUT2D eigenvalue weighted by Gasteiger charge is -2.18. The largest absolute Gasteiger partial charge is 0.462 e. The summed E-state index contributed by atoms with van der Waals surface area (Å²) in [4.78, 5) is 37.7. The number of rotatable bonds is 47. The van der Waals surface area contributed by atoms with Gasteiger partial charge in [0.15, 0.2) is 6.10 Å². The molecule has 0 aromatic carbocycles. The first-order valence-electron chi connectivity index (χ1n) is 27.0. The molecule has 1 unspecified atom stereocenters. The monoisotopic (exact) mass is 927 g/mol. The van der Waals surface area contributed by atoms with Gasteiger partial charge in [-0.15, -0.1) is 0 Å². The third-order valence-electron chi connectivity index (χ3n) is 11.0. The van der Waals surface area contributed by atoms with E-state index in [1.54, 1.807) is 0 Å². The zero-order valence-electron chi connectivity index (χ0n) is 43.1. The second-order valence-electron chi connectivity index (χ2n) is 17.4. The molecule has 1 atom stereocenters. The number of hydrogen-bond donors (Lipinski definition) is 0.